The molecular formula is C13H19ClFNO2S. The topological polar surface area (TPSA) is 38.3 Å². The van der Waals surface area contributed by atoms with Gasteiger partial charge in [0.1, 0.15) is 5.82 Å². The first-order chi connectivity index (χ1) is 9.08. The van der Waals surface area contributed by atoms with Crippen LogP contribution in [-0.4, -0.2) is 36.3 Å². The Balaban J connectivity index is 2.66. The van der Waals surface area contributed by atoms with Crippen LogP contribution in [0.1, 0.15) is 13.3 Å². The molecule has 0 spiro atoms. The van der Waals surface area contributed by atoms with Gasteiger partial charge < -0.3 is 10.1 Å². The van der Waals surface area contributed by atoms with E-state index in [4.69, 9.17) is 16.3 Å². The van der Waals surface area contributed by atoms with Crippen LogP contribution in [0.5, 0.6) is 0 Å². The maximum absolute atomic E-state index is 13.0. The fourth-order valence-corrected chi connectivity index (χ4v) is 3.10. The lowest BCUT2D eigenvalue weighted by Gasteiger charge is -2.17. The third kappa shape index (κ3) is 5.57. The molecule has 2 unspecified atom stereocenters. The smallest absolute Gasteiger partial charge is 0.141 e. The Bertz CT molecular complexity index is 431. The molecule has 3 nitrogen and oxygen atoms in total. The van der Waals surface area contributed by atoms with Gasteiger partial charge in [0, 0.05) is 23.8 Å². The summed E-state index contributed by atoms with van der Waals surface area (Å²) in [5.41, 5.74) is 0. The maximum atomic E-state index is 13.0. The molecule has 0 radical (unpaired) electrons. The molecule has 2 atom stereocenters. The summed E-state index contributed by atoms with van der Waals surface area (Å²) in [5, 5.41) is 3.27. The van der Waals surface area contributed by atoms with Crippen molar-refractivity contribution in [3.05, 3.63) is 29.0 Å². The number of nitrogens with one attached hydrogen (secondary N) is 1. The Morgan fingerprint density at radius 2 is 2.26 bits per heavy atom. The highest BCUT2D eigenvalue weighted by Gasteiger charge is 2.14. The molecule has 0 fully saturated rings. The van der Waals surface area contributed by atoms with E-state index in [9.17, 15) is 8.60 Å². The van der Waals surface area contributed by atoms with Crippen molar-refractivity contribution >= 4 is 22.4 Å². The first kappa shape index (κ1) is 16.6. The minimum Gasteiger partial charge on any atom is -0.383 e. The third-order valence-corrected chi connectivity index (χ3v) is 4.33. The number of hydrogen-bond acceptors (Lipinski definition) is 3. The van der Waals surface area contributed by atoms with E-state index in [1.165, 1.54) is 18.2 Å². The number of ether oxygens (including phenoxy) is 1. The Morgan fingerprint density at radius 3 is 2.84 bits per heavy atom. The fraction of sp³-hybridized carbons (Fsp3) is 0.538. The summed E-state index contributed by atoms with van der Waals surface area (Å²) in [7, 11) is 0.379. The lowest BCUT2D eigenvalue weighted by atomic mass is 10.3. The zero-order chi connectivity index (χ0) is 14.3. The van der Waals surface area contributed by atoms with Crippen LogP contribution >= 0.6 is 11.6 Å². The summed E-state index contributed by atoms with van der Waals surface area (Å²) in [6.45, 7) is 3.39. The van der Waals surface area contributed by atoms with Gasteiger partial charge in [-0.15, -0.1) is 0 Å². The van der Waals surface area contributed by atoms with Gasteiger partial charge in [-0.2, -0.15) is 0 Å². The van der Waals surface area contributed by atoms with Gasteiger partial charge in [0.25, 0.3) is 0 Å². The van der Waals surface area contributed by atoms with Gasteiger partial charge in [0.05, 0.1) is 22.4 Å². The second-order valence-corrected chi connectivity index (χ2v) is 6.10. The van der Waals surface area contributed by atoms with Gasteiger partial charge in [0.15, 0.2) is 0 Å². The van der Waals surface area contributed by atoms with Gasteiger partial charge in [-0.05, 0) is 31.2 Å². The predicted molar refractivity (Wildman–Crippen MR) is 76.6 cm³/mol. The SMILES string of the molecule is CCCNC(COC)CS(=O)c1ccc(F)c(Cl)c1. The van der Waals surface area contributed by atoms with Crippen molar-refractivity contribution in [1.29, 1.82) is 0 Å². The van der Waals surface area contributed by atoms with Gasteiger partial charge >= 0.3 is 0 Å². The normalized spacial score (nSPS) is 14.3. The molecule has 0 saturated heterocycles. The van der Waals surface area contributed by atoms with Crippen molar-refractivity contribution in [3.63, 3.8) is 0 Å². The quantitative estimate of drug-likeness (QED) is 0.802. The van der Waals surface area contributed by atoms with E-state index < -0.39 is 16.6 Å². The molecule has 6 heteroatoms. The molecule has 1 aromatic rings. The molecule has 1 rings (SSSR count). The van der Waals surface area contributed by atoms with Crippen LogP contribution in [-0.2, 0) is 15.5 Å². The number of methoxy groups -OCH3 is 1. The molecule has 19 heavy (non-hydrogen) atoms. The Hall–Kier alpha value is -0.490. The molecule has 0 aliphatic rings. The molecule has 108 valence electrons. The van der Waals surface area contributed by atoms with Crippen LogP contribution in [0.2, 0.25) is 5.02 Å². The summed E-state index contributed by atoms with van der Waals surface area (Å²) in [4.78, 5) is 0.533. The van der Waals surface area contributed by atoms with E-state index in [1.54, 1.807) is 7.11 Å². The molecule has 1 aromatic carbocycles. The van der Waals surface area contributed by atoms with Gasteiger partial charge in [-0.1, -0.05) is 18.5 Å². The van der Waals surface area contributed by atoms with Crippen LogP contribution in [0.15, 0.2) is 23.1 Å². The van der Waals surface area contributed by atoms with E-state index in [0.29, 0.717) is 17.3 Å². The highest BCUT2D eigenvalue weighted by atomic mass is 35.5. The molecule has 0 heterocycles. The van der Waals surface area contributed by atoms with Crippen molar-refractivity contribution in [2.45, 2.75) is 24.3 Å². The van der Waals surface area contributed by atoms with E-state index in [2.05, 4.69) is 12.2 Å². The summed E-state index contributed by atoms with van der Waals surface area (Å²) >= 11 is 5.69. The predicted octanol–water partition coefficient (Wildman–Crippen LogP) is 2.60. The molecule has 0 aromatic heterocycles. The summed E-state index contributed by atoms with van der Waals surface area (Å²) in [6.07, 6.45) is 0.995. The van der Waals surface area contributed by atoms with Crippen LogP contribution in [0.4, 0.5) is 4.39 Å². The van der Waals surface area contributed by atoms with Crippen molar-refractivity contribution < 1.29 is 13.3 Å². The Labute approximate surface area is 120 Å². The van der Waals surface area contributed by atoms with E-state index in [-0.39, 0.29) is 11.1 Å². The van der Waals surface area contributed by atoms with Crippen LogP contribution in [0, 0.1) is 5.82 Å². The van der Waals surface area contributed by atoms with Crippen LogP contribution in [0.25, 0.3) is 0 Å². The third-order valence-electron chi connectivity index (χ3n) is 2.56. The highest BCUT2D eigenvalue weighted by molar-refractivity contribution is 7.85. The second-order valence-electron chi connectivity index (χ2n) is 4.19. The number of halogens is 2. The number of rotatable bonds is 8. The lowest BCUT2D eigenvalue weighted by molar-refractivity contribution is 0.173. The number of benzene rings is 1. The lowest BCUT2D eigenvalue weighted by Crippen LogP contribution is -2.38. The highest BCUT2D eigenvalue weighted by Crippen LogP contribution is 2.18. The van der Waals surface area contributed by atoms with Crippen LogP contribution in [0.3, 0.4) is 0 Å². The fourth-order valence-electron chi connectivity index (χ4n) is 1.61. The molecule has 1 N–H and O–H groups in total. The molecule has 0 bridgehead atoms. The summed E-state index contributed by atoms with van der Waals surface area (Å²) < 4.78 is 30.3. The molecule has 0 amide bonds. The van der Waals surface area contributed by atoms with Crippen molar-refractivity contribution in [3.8, 4) is 0 Å². The summed E-state index contributed by atoms with van der Waals surface area (Å²) in [5.74, 6) is -0.0875. The second kappa shape index (κ2) is 8.64. The van der Waals surface area contributed by atoms with Crippen molar-refractivity contribution in [2.75, 3.05) is 26.0 Å². The Kier molecular flexibility index (Phi) is 7.53. The largest absolute Gasteiger partial charge is 0.383 e. The standard InChI is InChI=1S/C13H19ClFNO2S/c1-3-6-16-10(8-18-2)9-19(17)11-4-5-13(15)12(14)7-11/h4-5,7,10,16H,3,6,8-9H2,1-2H3. The minimum atomic E-state index is -1.23. The van der Waals surface area contributed by atoms with Crippen molar-refractivity contribution in [2.24, 2.45) is 0 Å². The van der Waals surface area contributed by atoms with Crippen molar-refractivity contribution in [1.82, 2.24) is 5.32 Å². The average Bonchev–Trinajstić information content (AvgIpc) is 2.39. The van der Waals surface area contributed by atoms with E-state index >= 15 is 0 Å². The van der Waals surface area contributed by atoms with E-state index in [1.807, 2.05) is 0 Å². The maximum Gasteiger partial charge on any atom is 0.141 e. The average molecular weight is 308 g/mol. The monoisotopic (exact) mass is 307 g/mol. The zero-order valence-corrected chi connectivity index (χ0v) is 12.7. The number of hydrogen-bond donors (Lipinski definition) is 1. The molecule has 0 aliphatic heterocycles. The zero-order valence-electron chi connectivity index (χ0n) is 11.1. The van der Waals surface area contributed by atoms with Gasteiger partial charge in [0.2, 0.25) is 0 Å². The molecular weight excluding hydrogens is 289 g/mol. The Morgan fingerprint density at radius 1 is 1.53 bits per heavy atom. The minimum absolute atomic E-state index is 0.00402. The first-order valence-electron chi connectivity index (χ1n) is 6.14. The molecule has 0 saturated carbocycles. The summed E-state index contributed by atoms with van der Waals surface area (Å²) in [6, 6.07) is 4.16. The van der Waals surface area contributed by atoms with E-state index in [0.717, 1.165) is 13.0 Å². The van der Waals surface area contributed by atoms with Crippen LogP contribution < -0.4 is 5.32 Å². The molecule has 0 aliphatic carbocycles. The van der Waals surface area contributed by atoms with Gasteiger partial charge in [-0.3, -0.25) is 4.21 Å². The van der Waals surface area contributed by atoms with Gasteiger partial charge in [-0.25, -0.2) is 4.39 Å². The first-order valence-corrected chi connectivity index (χ1v) is 7.84.